The number of nitrogens with zero attached hydrogens (tertiary/aromatic N) is 4. The van der Waals surface area contributed by atoms with Crippen molar-refractivity contribution in [2.45, 2.75) is 53.5 Å². The normalized spacial score (nSPS) is 12.9. The average molecular weight is 275 g/mol. The van der Waals surface area contributed by atoms with Crippen molar-refractivity contribution in [2.24, 2.45) is 12.5 Å². The molecule has 0 unspecified atom stereocenters. The van der Waals surface area contributed by atoms with E-state index in [-0.39, 0.29) is 11.0 Å². The molecular weight excluding hydrogens is 250 g/mol. The summed E-state index contributed by atoms with van der Waals surface area (Å²) < 4.78 is 1.80. The molecule has 0 atom stereocenters. The number of hydrogen-bond acceptors (Lipinski definition) is 4. The summed E-state index contributed by atoms with van der Waals surface area (Å²) in [7, 11) is 1.91. The Labute approximate surface area is 120 Å². The summed E-state index contributed by atoms with van der Waals surface area (Å²) in [5.41, 5.74) is 2.04. The van der Waals surface area contributed by atoms with Crippen molar-refractivity contribution in [2.75, 3.05) is 5.32 Å². The number of hydrogen-bond donors (Lipinski definition) is 1. The van der Waals surface area contributed by atoms with Crippen LogP contribution in [0.3, 0.4) is 0 Å². The number of rotatable bonds is 3. The van der Waals surface area contributed by atoms with Crippen LogP contribution in [0.2, 0.25) is 0 Å². The largest absolute Gasteiger partial charge is 0.364 e. The van der Waals surface area contributed by atoms with Gasteiger partial charge in [0.2, 0.25) is 0 Å². The van der Waals surface area contributed by atoms with E-state index < -0.39 is 0 Å². The van der Waals surface area contributed by atoms with E-state index in [4.69, 9.17) is 0 Å². The second-order valence-corrected chi connectivity index (χ2v) is 7.38. The fourth-order valence-electron chi connectivity index (χ4n) is 3.06. The Kier molecular flexibility index (Phi) is 3.48. The summed E-state index contributed by atoms with van der Waals surface area (Å²) in [5, 5.41) is 9.01. The van der Waals surface area contributed by atoms with Crippen LogP contribution in [0.25, 0.3) is 11.0 Å². The molecule has 0 aliphatic rings. The molecule has 0 amide bonds. The summed E-state index contributed by atoms with van der Waals surface area (Å²) in [6.45, 7) is 13.2. The van der Waals surface area contributed by atoms with Crippen LogP contribution >= 0.6 is 0 Å². The molecule has 5 heteroatoms. The van der Waals surface area contributed by atoms with Crippen molar-refractivity contribution >= 4 is 16.9 Å². The van der Waals surface area contributed by atoms with Crippen molar-refractivity contribution < 1.29 is 0 Å². The highest BCUT2D eigenvalue weighted by Crippen LogP contribution is 2.31. The maximum atomic E-state index is 4.43. The molecule has 0 aromatic carbocycles. The monoisotopic (exact) mass is 275 g/mol. The van der Waals surface area contributed by atoms with Gasteiger partial charge in [-0.15, -0.1) is 0 Å². The van der Waals surface area contributed by atoms with Crippen molar-refractivity contribution in [1.29, 1.82) is 0 Å². The zero-order valence-electron chi connectivity index (χ0n) is 13.6. The van der Waals surface area contributed by atoms with Crippen molar-refractivity contribution in [3.8, 4) is 0 Å². The lowest BCUT2D eigenvalue weighted by atomic mass is 9.82. The van der Waals surface area contributed by atoms with Crippen molar-refractivity contribution in [3.05, 3.63) is 12.0 Å². The summed E-state index contributed by atoms with van der Waals surface area (Å²) in [6.07, 6.45) is 2.64. The molecule has 2 aromatic heterocycles. The molecule has 5 nitrogen and oxygen atoms in total. The van der Waals surface area contributed by atoms with Gasteiger partial charge in [-0.25, -0.2) is 9.97 Å². The van der Waals surface area contributed by atoms with Gasteiger partial charge in [-0.1, -0.05) is 20.8 Å². The topological polar surface area (TPSA) is 55.6 Å². The van der Waals surface area contributed by atoms with Crippen LogP contribution in [0.1, 0.15) is 46.7 Å². The minimum Gasteiger partial charge on any atom is -0.364 e. The van der Waals surface area contributed by atoms with Crippen LogP contribution in [0.5, 0.6) is 0 Å². The lowest BCUT2D eigenvalue weighted by Gasteiger charge is -2.33. The molecule has 0 fully saturated rings. The first kappa shape index (κ1) is 14.8. The Bertz CT molecular complexity index is 619. The Morgan fingerprint density at radius 1 is 1.15 bits per heavy atom. The molecule has 1 N–H and O–H groups in total. The van der Waals surface area contributed by atoms with Crippen LogP contribution < -0.4 is 5.32 Å². The molecule has 2 rings (SSSR count). The summed E-state index contributed by atoms with van der Waals surface area (Å²) >= 11 is 0. The third kappa shape index (κ3) is 3.08. The second-order valence-electron chi connectivity index (χ2n) is 7.38. The maximum absolute atomic E-state index is 4.43. The van der Waals surface area contributed by atoms with E-state index in [1.165, 1.54) is 0 Å². The minimum absolute atomic E-state index is 0.0399. The summed E-state index contributed by atoms with van der Waals surface area (Å²) in [6, 6.07) is 0. The van der Waals surface area contributed by atoms with Gasteiger partial charge in [0.1, 0.15) is 12.1 Å². The number of fused-ring (bicyclic) bond motifs is 1. The lowest BCUT2D eigenvalue weighted by Crippen LogP contribution is -2.35. The molecule has 0 spiro atoms. The third-order valence-corrected chi connectivity index (χ3v) is 3.22. The van der Waals surface area contributed by atoms with Crippen LogP contribution in [-0.2, 0) is 7.05 Å². The van der Waals surface area contributed by atoms with E-state index >= 15 is 0 Å². The molecule has 20 heavy (non-hydrogen) atoms. The van der Waals surface area contributed by atoms with Gasteiger partial charge in [0.15, 0.2) is 5.65 Å². The van der Waals surface area contributed by atoms with Gasteiger partial charge in [0.05, 0.1) is 11.1 Å². The summed E-state index contributed by atoms with van der Waals surface area (Å²) in [4.78, 5) is 8.74. The van der Waals surface area contributed by atoms with E-state index in [1.54, 1.807) is 11.0 Å². The maximum Gasteiger partial charge on any atom is 0.163 e. The highest BCUT2D eigenvalue weighted by atomic mass is 15.3. The number of nitrogens with one attached hydrogen (secondary N) is 1. The SMILES string of the molecule is Cc1nn(C)c2ncnc(NC(C)(C)CC(C)(C)C)c12. The van der Waals surface area contributed by atoms with Crippen molar-refractivity contribution in [1.82, 2.24) is 19.7 Å². The minimum atomic E-state index is -0.0399. The number of aromatic nitrogens is 4. The first-order valence-corrected chi connectivity index (χ1v) is 7.02. The van der Waals surface area contributed by atoms with Gasteiger partial charge in [-0.05, 0) is 32.6 Å². The van der Waals surface area contributed by atoms with Crippen LogP contribution in [0, 0.1) is 12.3 Å². The van der Waals surface area contributed by atoms with Gasteiger partial charge in [0, 0.05) is 12.6 Å². The number of aryl methyl sites for hydroxylation is 2. The first-order valence-electron chi connectivity index (χ1n) is 7.02. The number of anilines is 1. The Hall–Kier alpha value is -1.65. The van der Waals surface area contributed by atoms with Gasteiger partial charge in [-0.2, -0.15) is 5.10 Å². The highest BCUT2D eigenvalue weighted by molar-refractivity contribution is 5.89. The molecule has 0 saturated carbocycles. The Morgan fingerprint density at radius 2 is 1.80 bits per heavy atom. The predicted octanol–water partition coefficient (Wildman–Crippen LogP) is 3.30. The molecule has 0 bridgehead atoms. The van der Waals surface area contributed by atoms with E-state index in [0.717, 1.165) is 29.0 Å². The fourth-order valence-corrected chi connectivity index (χ4v) is 3.06. The Morgan fingerprint density at radius 3 is 2.40 bits per heavy atom. The smallest absolute Gasteiger partial charge is 0.163 e. The molecule has 0 radical (unpaired) electrons. The quantitative estimate of drug-likeness (QED) is 0.933. The van der Waals surface area contributed by atoms with Crippen molar-refractivity contribution in [3.63, 3.8) is 0 Å². The van der Waals surface area contributed by atoms with E-state index in [2.05, 4.69) is 55.0 Å². The standard InChI is InChI=1S/C15H25N5/c1-10-11-12(16-9-17-13(11)20(7)19-10)18-15(5,6)8-14(2,3)4/h9H,8H2,1-7H3,(H,16,17,18). The van der Waals surface area contributed by atoms with Crippen LogP contribution in [0.15, 0.2) is 6.33 Å². The molecule has 0 saturated heterocycles. The van der Waals surface area contributed by atoms with E-state index in [1.807, 2.05) is 14.0 Å². The molecule has 0 aliphatic heterocycles. The zero-order valence-corrected chi connectivity index (χ0v) is 13.6. The summed E-state index contributed by atoms with van der Waals surface area (Å²) in [5.74, 6) is 0.870. The molecule has 2 heterocycles. The van der Waals surface area contributed by atoms with Gasteiger partial charge < -0.3 is 5.32 Å². The van der Waals surface area contributed by atoms with Gasteiger partial charge in [-0.3, -0.25) is 4.68 Å². The molecule has 110 valence electrons. The molecule has 0 aliphatic carbocycles. The third-order valence-electron chi connectivity index (χ3n) is 3.22. The van der Waals surface area contributed by atoms with Crippen LogP contribution in [0.4, 0.5) is 5.82 Å². The first-order chi connectivity index (χ1) is 9.09. The molecule has 2 aromatic rings. The second kappa shape index (κ2) is 4.72. The zero-order chi connectivity index (χ0) is 15.1. The lowest BCUT2D eigenvalue weighted by molar-refractivity contribution is 0.302. The Balaban J connectivity index is 2.39. The fraction of sp³-hybridized carbons (Fsp3) is 0.667. The molecular formula is C15H25N5. The van der Waals surface area contributed by atoms with E-state index in [9.17, 15) is 0 Å². The predicted molar refractivity (Wildman–Crippen MR) is 82.8 cm³/mol. The van der Waals surface area contributed by atoms with Crippen LogP contribution in [-0.4, -0.2) is 25.3 Å². The average Bonchev–Trinajstić information content (AvgIpc) is 2.51. The van der Waals surface area contributed by atoms with Gasteiger partial charge >= 0.3 is 0 Å². The highest BCUT2D eigenvalue weighted by Gasteiger charge is 2.27. The van der Waals surface area contributed by atoms with E-state index in [0.29, 0.717) is 0 Å². The van der Waals surface area contributed by atoms with Gasteiger partial charge in [0.25, 0.3) is 0 Å².